The van der Waals surface area contributed by atoms with E-state index in [4.69, 9.17) is 9.73 Å². The number of ether oxygens (including phenoxy) is 1. The first-order valence-corrected chi connectivity index (χ1v) is 9.96. The lowest BCUT2D eigenvalue weighted by Gasteiger charge is -2.22. The van der Waals surface area contributed by atoms with E-state index < -0.39 is 0 Å². The summed E-state index contributed by atoms with van der Waals surface area (Å²) in [5, 5.41) is 16.0. The number of guanidine groups is 1. The van der Waals surface area contributed by atoms with Crippen LogP contribution >= 0.6 is 0 Å². The van der Waals surface area contributed by atoms with Crippen LogP contribution in [0.4, 0.5) is 0 Å². The Morgan fingerprint density at radius 2 is 2.04 bits per heavy atom. The van der Waals surface area contributed by atoms with Crippen LogP contribution in [-0.2, 0) is 4.74 Å². The Balaban J connectivity index is 2.42. The van der Waals surface area contributed by atoms with Crippen molar-refractivity contribution in [1.29, 1.82) is 0 Å². The number of aliphatic hydroxyl groups excluding tert-OH is 1. The molecule has 0 radical (unpaired) electrons. The average molecular weight is 357 g/mol. The number of hydrogen-bond acceptors (Lipinski definition) is 4. The molecule has 25 heavy (non-hydrogen) atoms. The second-order valence-corrected chi connectivity index (χ2v) is 7.41. The quantitative estimate of drug-likeness (QED) is 0.326. The summed E-state index contributed by atoms with van der Waals surface area (Å²) < 4.78 is 5.22. The van der Waals surface area contributed by atoms with Gasteiger partial charge >= 0.3 is 0 Å². The Bertz CT molecular complexity index is 359. The minimum atomic E-state index is 0.243. The van der Waals surface area contributed by atoms with Crippen molar-refractivity contribution in [2.45, 2.75) is 52.5 Å². The van der Waals surface area contributed by atoms with E-state index >= 15 is 0 Å². The molecule has 0 spiro atoms. The fourth-order valence-electron chi connectivity index (χ4n) is 3.14. The highest BCUT2D eigenvalue weighted by molar-refractivity contribution is 5.79. The standard InChI is InChI=1S/C19H40N4O2/c1-5-20-19(22-15-17(8-12-24)14-16(2)3)21-9-10-23(11-13-25-4)18-6-7-18/h16-18,24H,5-15H2,1-4H3,(H2,20,21,22). The van der Waals surface area contributed by atoms with Gasteiger partial charge in [-0.15, -0.1) is 0 Å². The van der Waals surface area contributed by atoms with Gasteiger partial charge in [0.15, 0.2) is 5.96 Å². The van der Waals surface area contributed by atoms with E-state index in [1.807, 2.05) is 0 Å². The zero-order valence-electron chi connectivity index (χ0n) is 16.8. The Morgan fingerprint density at radius 1 is 1.28 bits per heavy atom. The molecule has 6 nitrogen and oxygen atoms in total. The van der Waals surface area contributed by atoms with E-state index in [-0.39, 0.29) is 6.61 Å². The first-order valence-electron chi connectivity index (χ1n) is 9.96. The van der Waals surface area contributed by atoms with E-state index in [9.17, 15) is 5.11 Å². The molecule has 148 valence electrons. The van der Waals surface area contributed by atoms with Gasteiger partial charge in [-0.2, -0.15) is 0 Å². The SMILES string of the molecule is CCNC(=NCC(CCO)CC(C)C)NCCN(CCOC)C1CC1. The van der Waals surface area contributed by atoms with Crippen LogP contribution in [0.25, 0.3) is 0 Å². The van der Waals surface area contributed by atoms with Crippen molar-refractivity contribution < 1.29 is 9.84 Å². The van der Waals surface area contributed by atoms with Gasteiger partial charge in [0.25, 0.3) is 0 Å². The molecular formula is C19H40N4O2. The molecule has 0 amide bonds. The maximum atomic E-state index is 9.25. The number of rotatable bonds is 14. The smallest absolute Gasteiger partial charge is 0.191 e. The van der Waals surface area contributed by atoms with Gasteiger partial charge in [0, 0.05) is 52.5 Å². The summed E-state index contributed by atoms with van der Waals surface area (Å²) in [5.74, 6) is 1.97. The summed E-state index contributed by atoms with van der Waals surface area (Å²) >= 11 is 0. The normalized spacial score (nSPS) is 16.5. The van der Waals surface area contributed by atoms with Crippen LogP contribution in [0.15, 0.2) is 4.99 Å². The molecule has 1 aliphatic carbocycles. The van der Waals surface area contributed by atoms with Crippen LogP contribution in [0.2, 0.25) is 0 Å². The van der Waals surface area contributed by atoms with Crippen molar-refractivity contribution >= 4 is 5.96 Å². The number of nitrogens with one attached hydrogen (secondary N) is 2. The van der Waals surface area contributed by atoms with Gasteiger partial charge < -0.3 is 20.5 Å². The first kappa shape index (κ1) is 22.2. The third-order valence-electron chi connectivity index (χ3n) is 4.53. The largest absolute Gasteiger partial charge is 0.396 e. The van der Waals surface area contributed by atoms with Gasteiger partial charge in [-0.1, -0.05) is 13.8 Å². The summed E-state index contributed by atoms with van der Waals surface area (Å²) in [5.41, 5.74) is 0. The fraction of sp³-hybridized carbons (Fsp3) is 0.947. The molecule has 1 atom stereocenters. The van der Waals surface area contributed by atoms with Crippen molar-refractivity contribution in [3.05, 3.63) is 0 Å². The molecule has 1 unspecified atom stereocenters. The van der Waals surface area contributed by atoms with E-state index in [1.54, 1.807) is 7.11 Å². The molecule has 0 aromatic carbocycles. The molecule has 1 rings (SSSR count). The maximum Gasteiger partial charge on any atom is 0.191 e. The van der Waals surface area contributed by atoms with Crippen LogP contribution in [0.1, 0.15) is 46.5 Å². The molecule has 0 aromatic rings. The summed E-state index contributed by atoms with van der Waals surface area (Å²) in [6.45, 7) is 12.1. The van der Waals surface area contributed by atoms with Crippen LogP contribution in [-0.4, -0.2) is 75.1 Å². The summed E-state index contributed by atoms with van der Waals surface area (Å²) in [6, 6.07) is 0.747. The topological polar surface area (TPSA) is 69.1 Å². The minimum Gasteiger partial charge on any atom is -0.396 e. The Hall–Kier alpha value is -0.850. The lowest BCUT2D eigenvalue weighted by atomic mass is 9.94. The van der Waals surface area contributed by atoms with Crippen LogP contribution in [0.5, 0.6) is 0 Å². The van der Waals surface area contributed by atoms with Gasteiger partial charge in [0.05, 0.1) is 6.61 Å². The molecule has 3 N–H and O–H groups in total. The van der Waals surface area contributed by atoms with E-state index in [1.165, 1.54) is 12.8 Å². The van der Waals surface area contributed by atoms with Crippen LogP contribution in [0.3, 0.4) is 0 Å². The zero-order chi connectivity index (χ0) is 18.5. The van der Waals surface area contributed by atoms with Gasteiger partial charge in [-0.25, -0.2) is 0 Å². The lowest BCUT2D eigenvalue weighted by molar-refractivity contribution is 0.144. The van der Waals surface area contributed by atoms with E-state index in [0.717, 1.165) is 64.2 Å². The molecule has 6 heteroatoms. The highest BCUT2D eigenvalue weighted by Gasteiger charge is 2.28. The van der Waals surface area contributed by atoms with Crippen LogP contribution < -0.4 is 10.6 Å². The Labute approximate surface area is 154 Å². The second-order valence-electron chi connectivity index (χ2n) is 7.41. The molecular weight excluding hydrogens is 316 g/mol. The minimum absolute atomic E-state index is 0.243. The maximum absolute atomic E-state index is 9.25. The van der Waals surface area contributed by atoms with Crippen molar-refractivity contribution in [1.82, 2.24) is 15.5 Å². The van der Waals surface area contributed by atoms with Gasteiger partial charge in [-0.3, -0.25) is 9.89 Å². The van der Waals surface area contributed by atoms with Crippen molar-refractivity contribution in [3.63, 3.8) is 0 Å². The lowest BCUT2D eigenvalue weighted by Crippen LogP contribution is -2.43. The number of nitrogens with zero attached hydrogens (tertiary/aromatic N) is 2. The molecule has 0 aromatic heterocycles. The summed E-state index contributed by atoms with van der Waals surface area (Å²) in [6.07, 6.45) is 4.56. The zero-order valence-corrected chi connectivity index (χ0v) is 16.8. The average Bonchev–Trinajstić information content (AvgIpc) is 3.40. The highest BCUT2D eigenvalue weighted by Crippen LogP contribution is 2.25. The van der Waals surface area contributed by atoms with Crippen molar-refractivity contribution in [2.24, 2.45) is 16.8 Å². The van der Waals surface area contributed by atoms with Crippen molar-refractivity contribution in [3.8, 4) is 0 Å². The monoisotopic (exact) mass is 356 g/mol. The number of aliphatic imine (C=N–C) groups is 1. The fourth-order valence-corrected chi connectivity index (χ4v) is 3.14. The second kappa shape index (κ2) is 13.4. The van der Waals surface area contributed by atoms with E-state index in [2.05, 4.69) is 36.3 Å². The Kier molecular flexibility index (Phi) is 11.9. The Morgan fingerprint density at radius 3 is 2.60 bits per heavy atom. The van der Waals surface area contributed by atoms with E-state index in [0.29, 0.717) is 11.8 Å². The third kappa shape index (κ3) is 10.7. The highest BCUT2D eigenvalue weighted by atomic mass is 16.5. The number of aliphatic hydroxyl groups is 1. The summed E-state index contributed by atoms with van der Waals surface area (Å²) in [7, 11) is 1.76. The summed E-state index contributed by atoms with van der Waals surface area (Å²) in [4.78, 5) is 7.25. The molecule has 1 saturated carbocycles. The molecule has 0 saturated heterocycles. The van der Waals surface area contributed by atoms with Gasteiger partial charge in [-0.05, 0) is 44.4 Å². The van der Waals surface area contributed by atoms with Crippen LogP contribution in [0, 0.1) is 11.8 Å². The molecule has 1 aliphatic rings. The molecule has 0 bridgehead atoms. The van der Waals surface area contributed by atoms with Crippen molar-refractivity contribution in [2.75, 3.05) is 53.0 Å². The number of methoxy groups -OCH3 is 1. The molecule has 0 heterocycles. The third-order valence-corrected chi connectivity index (χ3v) is 4.53. The van der Waals surface area contributed by atoms with Gasteiger partial charge in [0.2, 0.25) is 0 Å². The predicted molar refractivity (Wildman–Crippen MR) is 105 cm³/mol. The van der Waals surface area contributed by atoms with Gasteiger partial charge in [0.1, 0.15) is 0 Å². The number of hydrogen-bond donors (Lipinski definition) is 3. The first-order chi connectivity index (χ1) is 12.1. The predicted octanol–water partition coefficient (Wildman–Crippen LogP) is 1.70. The molecule has 1 fully saturated rings. The molecule has 0 aliphatic heterocycles.